The number of nitrogens with zero attached hydrogens (tertiary/aromatic N) is 3. The molecule has 0 unspecified atom stereocenters. The van der Waals surface area contributed by atoms with Crippen LogP contribution in [0, 0.1) is 0 Å². The molecule has 0 aliphatic carbocycles. The van der Waals surface area contributed by atoms with Crippen LogP contribution in [0.15, 0.2) is 192 Å². The number of aromatic nitrogens is 2. The lowest BCUT2D eigenvalue weighted by atomic mass is 10.0. The highest BCUT2D eigenvalue weighted by Crippen LogP contribution is 2.44. The van der Waals surface area contributed by atoms with Gasteiger partial charge in [-0.05, 0) is 77.2 Å². The van der Waals surface area contributed by atoms with Gasteiger partial charge in [0.15, 0.2) is 5.58 Å². The van der Waals surface area contributed by atoms with Gasteiger partial charge < -0.3 is 13.9 Å². The SMILES string of the molecule is c1ccc(-c2cccc(N(c3ccc4c5ccc6ccccc6c5n(-c5ccccc5)c4c3)c3cccc4nc(-c5ccccc5)oc34)c2)cc1. The summed E-state index contributed by atoms with van der Waals surface area (Å²) in [6.07, 6.45) is 0. The lowest BCUT2D eigenvalue weighted by molar-refractivity contribution is 0.620. The third-order valence-corrected chi connectivity index (χ3v) is 9.78. The Morgan fingerprint density at radius 2 is 1.14 bits per heavy atom. The molecule has 0 bridgehead atoms. The highest BCUT2D eigenvalue weighted by Gasteiger charge is 2.22. The van der Waals surface area contributed by atoms with Crippen molar-refractivity contribution in [2.24, 2.45) is 0 Å². The molecule has 0 radical (unpaired) electrons. The number of para-hydroxylation sites is 2. The van der Waals surface area contributed by atoms with Crippen LogP contribution >= 0.6 is 0 Å². The second-order valence-corrected chi connectivity index (χ2v) is 12.8. The monoisotopic (exact) mass is 653 g/mol. The molecule has 0 N–H and O–H groups in total. The maximum Gasteiger partial charge on any atom is 0.227 e. The molecular formula is C47H31N3O. The van der Waals surface area contributed by atoms with Crippen LogP contribution in [0.3, 0.4) is 0 Å². The Morgan fingerprint density at radius 1 is 0.471 bits per heavy atom. The van der Waals surface area contributed by atoms with Crippen molar-refractivity contribution in [3.8, 4) is 28.3 Å². The molecule has 0 amide bonds. The third-order valence-electron chi connectivity index (χ3n) is 9.78. The number of fused-ring (bicyclic) bond motifs is 6. The summed E-state index contributed by atoms with van der Waals surface area (Å²) < 4.78 is 9.06. The van der Waals surface area contributed by atoms with Crippen LogP contribution < -0.4 is 4.90 Å². The van der Waals surface area contributed by atoms with Gasteiger partial charge in [-0.2, -0.15) is 0 Å². The summed E-state index contributed by atoms with van der Waals surface area (Å²) in [5.74, 6) is 0.600. The van der Waals surface area contributed by atoms with Crippen molar-refractivity contribution in [2.45, 2.75) is 0 Å². The second kappa shape index (κ2) is 11.9. The predicted molar refractivity (Wildman–Crippen MR) is 211 cm³/mol. The fraction of sp³-hybridized carbons (Fsp3) is 0. The van der Waals surface area contributed by atoms with Crippen LogP contribution in [0.2, 0.25) is 0 Å². The first-order valence-corrected chi connectivity index (χ1v) is 17.2. The van der Waals surface area contributed by atoms with Crippen molar-refractivity contribution in [2.75, 3.05) is 4.90 Å². The van der Waals surface area contributed by atoms with E-state index in [1.807, 2.05) is 36.4 Å². The van der Waals surface area contributed by atoms with Crippen molar-refractivity contribution >= 4 is 60.7 Å². The molecule has 0 saturated heterocycles. The maximum absolute atomic E-state index is 6.64. The van der Waals surface area contributed by atoms with Gasteiger partial charge in [0.25, 0.3) is 0 Å². The molecule has 4 heteroatoms. The minimum absolute atomic E-state index is 0.600. The molecule has 0 atom stereocenters. The van der Waals surface area contributed by atoms with Crippen molar-refractivity contribution in [1.82, 2.24) is 9.55 Å². The first-order chi connectivity index (χ1) is 25.3. The summed E-state index contributed by atoms with van der Waals surface area (Å²) in [5.41, 5.74) is 11.2. The Hall–Kier alpha value is -6.91. The summed E-state index contributed by atoms with van der Waals surface area (Å²) >= 11 is 0. The lowest BCUT2D eigenvalue weighted by Crippen LogP contribution is -2.10. The van der Waals surface area contributed by atoms with E-state index in [4.69, 9.17) is 9.40 Å². The number of oxazole rings is 1. The van der Waals surface area contributed by atoms with E-state index in [0.717, 1.165) is 56.1 Å². The first kappa shape index (κ1) is 29.0. The summed E-state index contributed by atoms with van der Waals surface area (Å²) in [6.45, 7) is 0. The molecule has 0 fully saturated rings. The fourth-order valence-corrected chi connectivity index (χ4v) is 7.45. The molecule has 8 aromatic carbocycles. The number of hydrogen-bond donors (Lipinski definition) is 0. The van der Waals surface area contributed by atoms with E-state index in [2.05, 4.69) is 161 Å². The molecule has 0 saturated carbocycles. The Morgan fingerprint density at radius 3 is 1.96 bits per heavy atom. The topological polar surface area (TPSA) is 34.2 Å². The highest BCUT2D eigenvalue weighted by molar-refractivity contribution is 6.19. The summed E-state index contributed by atoms with van der Waals surface area (Å²) in [5, 5.41) is 4.87. The highest BCUT2D eigenvalue weighted by atomic mass is 16.3. The Kier molecular flexibility index (Phi) is 6.78. The largest absolute Gasteiger partial charge is 0.434 e. The molecule has 0 aliphatic rings. The van der Waals surface area contributed by atoms with E-state index in [9.17, 15) is 0 Å². The molecule has 240 valence electrons. The molecule has 4 nitrogen and oxygen atoms in total. The minimum atomic E-state index is 0.600. The van der Waals surface area contributed by atoms with Crippen molar-refractivity contribution < 1.29 is 4.42 Å². The van der Waals surface area contributed by atoms with Gasteiger partial charge in [0.2, 0.25) is 5.89 Å². The zero-order chi connectivity index (χ0) is 33.7. The Balaban J connectivity index is 1.26. The van der Waals surface area contributed by atoms with Gasteiger partial charge in [0.05, 0.1) is 16.7 Å². The summed E-state index contributed by atoms with van der Waals surface area (Å²) in [6, 6.07) is 66.2. The summed E-state index contributed by atoms with van der Waals surface area (Å²) in [4.78, 5) is 7.25. The molecule has 0 aliphatic heterocycles. The van der Waals surface area contributed by atoms with Gasteiger partial charge in [-0.3, -0.25) is 0 Å². The minimum Gasteiger partial charge on any atom is -0.434 e. The lowest BCUT2D eigenvalue weighted by Gasteiger charge is -2.26. The number of hydrogen-bond acceptors (Lipinski definition) is 3. The quantitative estimate of drug-likeness (QED) is 0.179. The van der Waals surface area contributed by atoms with E-state index in [1.165, 1.54) is 27.1 Å². The van der Waals surface area contributed by atoms with E-state index in [0.29, 0.717) is 5.89 Å². The molecule has 0 spiro atoms. The Bertz CT molecular complexity index is 2850. The zero-order valence-electron chi connectivity index (χ0n) is 27.6. The van der Waals surface area contributed by atoms with Crippen LogP contribution in [0.25, 0.3) is 71.9 Å². The molecule has 2 heterocycles. The van der Waals surface area contributed by atoms with E-state index in [-0.39, 0.29) is 0 Å². The van der Waals surface area contributed by atoms with Gasteiger partial charge in [-0.15, -0.1) is 0 Å². The zero-order valence-corrected chi connectivity index (χ0v) is 27.6. The van der Waals surface area contributed by atoms with Gasteiger partial charge in [-0.25, -0.2) is 4.98 Å². The molecule has 10 aromatic rings. The Labute approximate surface area is 295 Å². The molecular weight excluding hydrogens is 623 g/mol. The average Bonchev–Trinajstić information content (AvgIpc) is 3.80. The molecule has 2 aromatic heterocycles. The van der Waals surface area contributed by atoms with Crippen molar-refractivity contribution in [3.05, 3.63) is 188 Å². The van der Waals surface area contributed by atoms with Gasteiger partial charge >= 0.3 is 0 Å². The fourth-order valence-electron chi connectivity index (χ4n) is 7.45. The van der Waals surface area contributed by atoms with E-state index in [1.54, 1.807) is 0 Å². The van der Waals surface area contributed by atoms with Crippen molar-refractivity contribution in [3.63, 3.8) is 0 Å². The summed E-state index contributed by atoms with van der Waals surface area (Å²) in [7, 11) is 0. The standard InChI is InChI=1S/C47H31N3O/c1-4-14-32(15-5-1)35-19-12-22-37(30-35)49(43-25-13-24-42-46(43)51-47(48-42)34-17-6-2-7-18-34)38-27-29-40-41-28-26-33-16-10-11-23-39(33)45(41)50(44(40)31-38)36-20-8-3-9-21-36/h1-31H. The smallest absolute Gasteiger partial charge is 0.227 e. The van der Waals surface area contributed by atoms with E-state index < -0.39 is 0 Å². The maximum atomic E-state index is 6.64. The van der Waals surface area contributed by atoms with Crippen LogP contribution in [0.4, 0.5) is 17.1 Å². The van der Waals surface area contributed by atoms with Gasteiger partial charge in [0.1, 0.15) is 5.52 Å². The van der Waals surface area contributed by atoms with Crippen LogP contribution in [0.5, 0.6) is 0 Å². The number of benzene rings is 8. The van der Waals surface area contributed by atoms with Crippen LogP contribution in [-0.2, 0) is 0 Å². The number of rotatable bonds is 6. The van der Waals surface area contributed by atoms with Gasteiger partial charge in [-0.1, -0.05) is 127 Å². The predicted octanol–water partition coefficient (Wildman–Crippen LogP) is 12.9. The third kappa shape index (κ3) is 4.88. The van der Waals surface area contributed by atoms with Crippen LogP contribution in [-0.4, -0.2) is 9.55 Å². The van der Waals surface area contributed by atoms with Crippen LogP contribution in [0.1, 0.15) is 0 Å². The van der Waals surface area contributed by atoms with Crippen molar-refractivity contribution in [1.29, 1.82) is 0 Å². The van der Waals surface area contributed by atoms with Gasteiger partial charge in [0, 0.05) is 38.8 Å². The number of anilines is 3. The molecule has 51 heavy (non-hydrogen) atoms. The molecule has 10 rings (SSSR count). The second-order valence-electron chi connectivity index (χ2n) is 12.8. The van der Waals surface area contributed by atoms with E-state index >= 15 is 0 Å². The average molecular weight is 654 g/mol. The first-order valence-electron chi connectivity index (χ1n) is 17.2. The normalized spacial score (nSPS) is 11.5.